The van der Waals surface area contributed by atoms with Crippen molar-refractivity contribution >= 4 is 23.6 Å². The molecule has 1 heterocycles. The van der Waals surface area contributed by atoms with Gasteiger partial charge in [0.2, 0.25) is 5.91 Å². The van der Waals surface area contributed by atoms with Crippen LogP contribution in [0.5, 0.6) is 11.5 Å². The third kappa shape index (κ3) is 4.52. The van der Waals surface area contributed by atoms with Crippen molar-refractivity contribution < 1.29 is 19.1 Å². The quantitative estimate of drug-likeness (QED) is 0.835. The number of hydrogen-bond acceptors (Lipinski definition) is 4. The number of likely N-dealkylation sites (N-methyl/N-ethyl adjacent to an activating group) is 1. The van der Waals surface area contributed by atoms with Crippen molar-refractivity contribution in [1.29, 1.82) is 0 Å². The SMILES string of the molecule is CCOc1cccc2c1OCC(C(=O)N(C)CC(=O)Nc1ccc(C)cc1)=C2. The van der Waals surface area contributed by atoms with Gasteiger partial charge in [0, 0.05) is 18.3 Å². The van der Waals surface area contributed by atoms with Gasteiger partial charge in [-0.05, 0) is 38.1 Å². The van der Waals surface area contributed by atoms with Crippen molar-refractivity contribution in [3.8, 4) is 11.5 Å². The number of ether oxygens (including phenoxy) is 2. The van der Waals surface area contributed by atoms with Crippen LogP contribution in [-0.4, -0.2) is 43.5 Å². The fraction of sp³-hybridized carbons (Fsp3) is 0.273. The first kappa shape index (κ1) is 19.5. The molecule has 0 saturated heterocycles. The summed E-state index contributed by atoms with van der Waals surface area (Å²) in [7, 11) is 1.60. The van der Waals surface area contributed by atoms with Gasteiger partial charge in [-0.3, -0.25) is 9.59 Å². The Kier molecular flexibility index (Phi) is 5.99. The van der Waals surface area contributed by atoms with E-state index in [2.05, 4.69) is 5.32 Å². The van der Waals surface area contributed by atoms with Crippen LogP contribution in [0.15, 0.2) is 48.0 Å². The van der Waals surface area contributed by atoms with Crippen LogP contribution in [0, 0.1) is 6.92 Å². The van der Waals surface area contributed by atoms with Gasteiger partial charge in [0.15, 0.2) is 11.5 Å². The molecule has 0 fully saturated rings. The number of benzene rings is 2. The molecule has 2 amide bonds. The summed E-state index contributed by atoms with van der Waals surface area (Å²) in [6, 6.07) is 13.1. The zero-order valence-electron chi connectivity index (χ0n) is 16.3. The van der Waals surface area contributed by atoms with Gasteiger partial charge in [-0.15, -0.1) is 0 Å². The van der Waals surface area contributed by atoms with Crippen molar-refractivity contribution in [3.05, 3.63) is 59.2 Å². The molecule has 0 radical (unpaired) electrons. The molecule has 0 spiro atoms. The van der Waals surface area contributed by atoms with Gasteiger partial charge in [-0.25, -0.2) is 0 Å². The predicted molar refractivity (Wildman–Crippen MR) is 109 cm³/mol. The number of rotatable bonds is 6. The summed E-state index contributed by atoms with van der Waals surface area (Å²) in [6.07, 6.45) is 1.79. The molecule has 0 aromatic heterocycles. The Morgan fingerprint density at radius 3 is 2.64 bits per heavy atom. The second kappa shape index (κ2) is 8.61. The van der Waals surface area contributed by atoms with Crippen LogP contribution in [0.4, 0.5) is 5.69 Å². The lowest BCUT2D eigenvalue weighted by molar-refractivity contribution is -0.130. The van der Waals surface area contributed by atoms with E-state index in [0.717, 1.165) is 11.1 Å². The highest BCUT2D eigenvalue weighted by atomic mass is 16.5. The Hall–Kier alpha value is -3.28. The summed E-state index contributed by atoms with van der Waals surface area (Å²) in [5.74, 6) is 0.803. The van der Waals surface area contributed by atoms with Crippen LogP contribution in [0.25, 0.3) is 6.08 Å². The molecule has 0 bridgehead atoms. The molecule has 3 rings (SSSR count). The Morgan fingerprint density at radius 2 is 1.93 bits per heavy atom. The van der Waals surface area contributed by atoms with Crippen molar-refractivity contribution in [2.75, 3.05) is 32.1 Å². The molecule has 1 N–H and O–H groups in total. The average Bonchev–Trinajstić information content (AvgIpc) is 2.69. The molecule has 6 nitrogen and oxygen atoms in total. The minimum absolute atomic E-state index is 0.0457. The van der Waals surface area contributed by atoms with E-state index in [0.29, 0.717) is 29.4 Å². The zero-order valence-corrected chi connectivity index (χ0v) is 16.3. The molecule has 1 aliphatic heterocycles. The number of carbonyl (C=O) groups excluding carboxylic acids is 2. The molecule has 146 valence electrons. The summed E-state index contributed by atoms with van der Waals surface area (Å²) in [5.41, 5.74) is 3.10. The number of carbonyl (C=O) groups is 2. The van der Waals surface area contributed by atoms with E-state index in [4.69, 9.17) is 9.47 Å². The number of nitrogens with one attached hydrogen (secondary N) is 1. The molecule has 0 aliphatic carbocycles. The van der Waals surface area contributed by atoms with Crippen LogP contribution in [0.1, 0.15) is 18.1 Å². The van der Waals surface area contributed by atoms with E-state index in [-0.39, 0.29) is 25.0 Å². The molecule has 6 heteroatoms. The Morgan fingerprint density at radius 1 is 1.18 bits per heavy atom. The van der Waals surface area contributed by atoms with Gasteiger partial charge in [-0.1, -0.05) is 29.8 Å². The molecule has 0 unspecified atom stereocenters. The minimum Gasteiger partial charge on any atom is -0.490 e. The molecular formula is C22H24N2O4. The maximum absolute atomic E-state index is 12.7. The smallest absolute Gasteiger partial charge is 0.253 e. The van der Waals surface area contributed by atoms with Gasteiger partial charge >= 0.3 is 0 Å². The number of hydrogen-bond donors (Lipinski definition) is 1. The standard InChI is InChI=1S/C22H24N2O4/c1-4-27-19-7-5-6-16-12-17(14-28-21(16)19)22(26)24(3)13-20(25)23-18-10-8-15(2)9-11-18/h5-12H,4,13-14H2,1-3H3,(H,23,25). The molecular weight excluding hydrogens is 356 g/mol. The number of aryl methyl sites for hydroxylation is 1. The monoisotopic (exact) mass is 380 g/mol. The topological polar surface area (TPSA) is 67.9 Å². The number of nitrogens with zero attached hydrogens (tertiary/aromatic N) is 1. The average molecular weight is 380 g/mol. The molecule has 2 aromatic carbocycles. The first-order valence-electron chi connectivity index (χ1n) is 9.19. The van der Waals surface area contributed by atoms with Crippen LogP contribution >= 0.6 is 0 Å². The van der Waals surface area contributed by atoms with E-state index < -0.39 is 0 Å². The highest BCUT2D eigenvalue weighted by molar-refractivity contribution is 6.02. The van der Waals surface area contributed by atoms with E-state index in [1.54, 1.807) is 13.1 Å². The summed E-state index contributed by atoms with van der Waals surface area (Å²) in [4.78, 5) is 26.3. The maximum atomic E-state index is 12.7. The van der Waals surface area contributed by atoms with E-state index in [1.807, 2.05) is 56.3 Å². The largest absolute Gasteiger partial charge is 0.490 e. The van der Waals surface area contributed by atoms with Gasteiger partial charge in [0.1, 0.15) is 6.61 Å². The van der Waals surface area contributed by atoms with E-state index in [9.17, 15) is 9.59 Å². The highest BCUT2D eigenvalue weighted by Crippen LogP contribution is 2.36. The minimum atomic E-state index is -0.254. The van der Waals surface area contributed by atoms with Crippen molar-refractivity contribution in [3.63, 3.8) is 0 Å². The summed E-state index contributed by atoms with van der Waals surface area (Å²) >= 11 is 0. The number of fused-ring (bicyclic) bond motifs is 1. The third-order valence-electron chi connectivity index (χ3n) is 4.35. The van der Waals surface area contributed by atoms with Crippen molar-refractivity contribution in [1.82, 2.24) is 4.90 Å². The second-order valence-electron chi connectivity index (χ2n) is 6.64. The van der Waals surface area contributed by atoms with Crippen molar-refractivity contribution in [2.45, 2.75) is 13.8 Å². The van der Waals surface area contributed by atoms with Crippen LogP contribution < -0.4 is 14.8 Å². The fourth-order valence-corrected chi connectivity index (χ4v) is 2.94. The molecule has 1 aliphatic rings. The highest BCUT2D eigenvalue weighted by Gasteiger charge is 2.23. The summed E-state index contributed by atoms with van der Waals surface area (Å²) in [5, 5.41) is 2.79. The van der Waals surface area contributed by atoms with Crippen molar-refractivity contribution in [2.24, 2.45) is 0 Å². The third-order valence-corrected chi connectivity index (χ3v) is 4.35. The van der Waals surface area contributed by atoms with Gasteiger partial charge in [0.05, 0.1) is 18.7 Å². The number of anilines is 1. The fourth-order valence-electron chi connectivity index (χ4n) is 2.94. The predicted octanol–water partition coefficient (Wildman–Crippen LogP) is 3.27. The first-order chi connectivity index (χ1) is 13.5. The normalized spacial score (nSPS) is 12.3. The van der Waals surface area contributed by atoms with Gasteiger partial charge in [-0.2, -0.15) is 0 Å². The van der Waals surface area contributed by atoms with E-state index >= 15 is 0 Å². The lowest BCUT2D eigenvalue weighted by Crippen LogP contribution is -2.37. The Balaban J connectivity index is 1.65. The lowest BCUT2D eigenvalue weighted by atomic mass is 10.1. The molecule has 28 heavy (non-hydrogen) atoms. The Labute approximate surface area is 164 Å². The van der Waals surface area contributed by atoms with Gasteiger partial charge in [0.25, 0.3) is 5.91 Å². The number of para-hydroxylation sites is 1. The zero-order chi connectivity index (χ0) is 20.1. The van der Waals surface area contributed by atoms with Crippen LogP contribution in [0.2, 0.25) is 0 Å². The molecule has 2 aromatic rings. The number of amides is 2. The second-order valence-corrected chi connectivity index (χ2v) is 6.64. The Bertz CT molecular complexity index is 903. The molecule has 0 atom stereocenters. The summed E-state index contributed by atoms with van der Waals surface area (Å²) < 4.78 is 11.3. The van der Waals surface area contributed by atoms with Gasteiger partial charge < -0.3 is 19.7 Å². The maximum Gasteiger partial charge on any atom is 0.253 e. The molecule has 0 saturated carbocycles. The van der Waals surface area contributed by atoms with Crippen LogP contribution in [-0.2, 0) is 9.59 Å². The first-order valence-corrected chi connectivity index (χ1v) is 9.19. The van der Waals surface area contributed by atoms with E-state index in [1.165, 1.54) is 4.90 Å². The summed E-state index contributed by atoms with van der Waals surface area (Å²) in [6.45, 7) is 4.51. The van der Waals surface area contributed by atoms with Crippen LogP contribution in [0.3, 0.4) is 0 Å². The lowest BCUT2D eigenvalue weighted by Gasteiger charge is -2.23.